The van der Waals surface area contributed by atoms with Gasteiger partial charge < -0.3 is 14.5 Å². The van der Waals surface area contributed by atoms with Crippen molar-refractivity contribution in [2.24, 2.45) is 0 Å². The van der Waals surface area contributed by atoms with Gasteiger partial charge in [-0.2, -0.15) is 0 Å². The van der Waals surface area contributed by atoms with Crippen LogP contribution in [0.2, 0.25) is 0 Å². The minimum atomic E-state index is -4.36. The molecule has 74 valence electrons. The Kier molecular flexibility index (Phi) is 5.70. The van der Waals surface area contributed by atoms with Gasteiger partial charge in [0.2, 0.25) is 0 Å². The Morgan fingerprint density at radius 2 is 2.00 bits per heavy atom. The zero-order chi connectivity index (χ0) is 9.61. The number of ether oxygens (including phenoxy) is 1. The van der Waals surface area contributed by atoms with E-state index in [9.17, 15) is 4.57 Å². The van der Waals surface area contributed by atoms with Crippen LogP contribution in [0.1, 0.15) is 20.3 Å². The summed E-state index contributed by atoms with van der Waals surface area (Å²) in [6.07, 6.45) is -0.00346. The first-order valence-electron chi connectivity index (χ1n) is 3.81. The molecule has 6 heteroatoms. The molecule has 0 spiro atoms. The average molecular weight is 198 g/mol. The standard InChI is InChI=1S/C6H15O5P/c1-3-6(5-10-4-2)11-12(7,8)9/h6H,3-5H2,1-2H3,(H2,7,8,9). The van der Waals surface area contributed by atoms with E-state index in [2.05, 4.69) is 4.52 Å². The van der Waals surface area contributed by atoms with Gasteiger partial charge in [-0.25, -0.2) is 4.57 Å². The number of hydrogen-bond donors (Lipinski definition) is 2. The second-order valence-electron chi connectivity index (χ2n) is 2.29. The van der Waals surface area contributed by atoms with Crippen LogP contribution in [0.15, 0.2) is 0 Å². The molecule has 0 aliphatic rings. The van der Waals surface area contributed by atoms with Crippen molar-refractivity contribution in [1.82, 2.24) is 0 Å². The van der Waals surface area contributed by atoms with Crippen LogP contribution in [-0.2, 0) is 13.8 Å². The summed E-state index contributed by atoms with van der Waals surface area (Å²) in [5, 5.41) is 0. The number of phosphoric ester groups is 1. The normalized spacial score (nSPS) is 14.7. The highest BCUT2D eigenvalue weighted by Gasteiger charge is 2.20. The molecule has 0 saturated heterocycles. The fourth-order valence-electron chi connectivity index (χ4n) is 0.666. The molecule has 0 aliphatic heterocycles. The van der Waals surface area contributed by atoms with Crippen molar-refractivity contribution in [1.29, 1.82) is 0 Å². The molecule has 0 rings (SSSR count). The number of rotatable bonds is 6. The molecular weight excluding hydrogens is 183 g/mol. The Morgan fingerprint density at radius 3 is 2.33 bits per heavy atom. The molecule has 1 unspecified atom stereocenters. The molecule has 0 aromatic heterocycles. The summed E-state index contributed by atoms with van der Waals surface area (Å²) in [6.45, 7) is 4.32. The van der Waals surface area contributed by atoms with Crippen LogP contribution in [0, 0.1) is 0 Å². The van der Waals surface area contributed by atoms with Crippen molar-refractivity contribution in [3.63, 3.8) is 0 Å². The SMILES string of the molecule is CCOCC(CC)OP(=O)(O)O. The lowest BCUT2D eigenvalue weighted by atomic mass is 10.3. The zero-order valence-corrected chi connectivity index (χ0v) is 8.16. The second-order valence-corrected chi connectivity index (χ2v) is 3.48. The first-order chi connectivity index (χ1) is 5.49. The van der Waals surface area contributed by atoms with Crippen molar-refractivity contribution in [3.05, 3.63) is 0 Å². The molecule has 0 amide bonds. The third-order valence-electron chi connectivity index (χ3n) is 1.25. The Morgan fingerprint density at radius 1 is 1.42 bits per heavy atom. The van der Waals surface area contributed by atoms with Crippen molar-refractivity contribution in [2.45, 2.75) is 26.4 Å². The van der Waals surface area contributed by atoms with Crippen LogP contribution in [0.5, 0.6) is 0 Å². The monoisotopic (exact) mass is 198 g/mol. The molecule has 0 aliphatic carbocycles. The van der Waals surface area contributed by atoms with Gasteiger partial charge in [-0.3, -0.25) is 4.52 Å². The predicted molar refractivity (Wildman–Crippen MR) is 43.7 cm³/mol. The molecule has 2 N–H and O–H groups in total. The third kappa shape index (κ3) is 6.76. The Hall–Kier alpha value is 0.0700. The van der Waals surface area contributed by atoms with Gasteiger partial charge in [0.05, 0.1) is 12.7 Å². The molecule has 0 aromatic carbocycles. The Bertz CT molecular complexity index is 154. The van der Waals surface area contributed by atoms with Gasteiger partial charge in [0.25, 0.3) is 0 Å². The minimum absolute atomic E-state index is 0.220. The summed E-state index contributed by atoms with van der Waals surface area (Å²) in [5.74, 6) is 0. The van der Waals surface area contributed by atoms with E-state index in [0.717, 1.165) is 0 Å². The smallest absolute Gasteiger partial charge is 0.379 e. The van der Waals surface area contributed by atoms with Gasteiger partial charge in [0.1, 0.15) is 0 Å². The van der Waals surface area contributed by atoms with E-state index < -0.39 is 13.9 Å². The van der Waals surface area contributed by atoms with E-state index in [-0.39, 0.29) is 6.61 Å². The summed E-state index contributed by atoms with van der Waals surface area (Å²) < 4.78 is 19.8. The maximum absolute atomic E-state index is 10.4. The van der Waals surface area contributed by atoms with E-state index in [4.69, 9.17) is 14.5 Å². The lowest BCUT2D eigenvalue weighted by molar-refractivity contribution is 0.0365. The van der Waals surface area contributed by atoms with Crippen molar-refractivity contribution >= 4 is 7.82 Å². The van der Waals surface area contributed by atoms with Crippen LogP contribution < -0.4 is 0 Å². The molecule has 0 fully saturated rings. The third-order valence-corrected chi connectivity index (χ3v) is 1.82. The van der Waals surface area contributed by atoms with Gasteiger partial charge >= 0.3 is 7.82 Å². The molecular formula is C6H15O5P. The minimum Gasteiger partial charge on any atom is -0.379 e. The average Bonchev–Trinajstić information content (AvgIpc) is 1.95. The molecule has 0 bridgehead atoms. The lowest BCUT2D eigenvalue weighted by Gasteiger charge is -2.15. The summed E-state index contributed by atoms with van der Waals surface area (Å²) >= 11 is 0. The summed E-state index contributed by atoms with van der Waals surface area (Å²) in [6, 6.07) is 0. The Balaban J connectivity index is 3.75. The molecule has 0 aromatic rings. The van der Waals surface area contributed by atoms with E-state index in [0.29, 0.717) is 13.0 Å². The van der Waals surface area contributed by atoms with Gasteiger partial charge in [-0.05, 0) is 13.3 Å². The molecule has 12 heavy (non-hydrogen) atoms. The molecule has 0 saturated carbocycles. The first-order valence-corrected chi connectivity index (χ1v) is 5.34. The molecule has 5 nitrogen and oxygen atoms in total. The quantitative estimate of drug-likeness (QED) is 0.620. The van der Waals surface area contributed by atoms with Gasteiger partial charge in [0.15, 0.2) is 0 Å². The molecule has 0 radical (unpaired) electrons. The predicted octanol–water partition coefficient (Wildman–Crippen LogP) is 0.911. The number of hydrogen-bond acceptors (Lipinski definition) is 3. The maximum Gasteiger partial charge on any atom is 0.469 e. The maximum atomic E-state index is 10.4. The number of phosphoric acid groups is 1. The van der Waals surface area contributed by atoms with E-state index in [1.54, 1.807) is 6.92 Å². The van der Waals surface area contributed by atoms with Crippen molar-refractivity contribution < 1.29 is 23.6 Å². The highest BCUT2D eigenvalue weighted by atomic mass is 31.2. The van der Waals surface area contributed by atoms with Crippen LogP contribution in [0.4, 0.5) is 0 Å². The van der Waals surface area contributed by atoms with Gasteiger partial charge in [-0.1, -0.05) is 6.92 Å². The highest BCUT2D eigenvalue weighted by Crippen LogP contribution is 2.38. The molecule has 1 atom stereocenters. The van der Waals surface area contributed by atoms with E-state index >= 15 is 0 Å². The topological polar surface area (TPSA) is 76.0 Å². The fraction of sp³-hybridized carbons (Fsp3) is 1.00. The van der Waals surface area contributed by atoms with Crippen LogP contribution >= 0.6 is 7.82 Å². The summed E-state index contributed by atoms with van der Waals surface area (Å²) in [4.78, 5) is 16.9. The van der Waals surface area contributed by atoms with Gasteiger partial charge in [-0.15, -0.1) is 0 Å². The van der Waals surface area contributed by atoms with Gasteiger partial charge in [0, 0.05) is 6.61 Å². The zero-order valence-electron chi connectivity index (χ0n) is 7.27. The second kappa shape index (κ2) is 5.67. The fourth-order valence-corrected chi connectivity index (χ4v) is 1.26. The lowest BCUT2D eigenvalue weighted by Crippen LogP contribution is -2.17. The van der Waals surface area contributed by atoms with Crippen LogP contribution in [-0.4, -0.2) is 29.1 Å². The highest BCUT2D eigenvalue weighted by molar-refractivity contribution is 7.46. The van der Waals surface area contributed by atoms with Crippen molar-refractivity contribution in [2.75, 3.05) is 13.2 Å². The molecule has 0 heterocycles. The largest absolute Gasteiger partial charge is 0.469 e. The Labute approximate surface area is 71.9 Å². The summed E-state index contributed by atoms with van der Waals surface area (Å²) in [5.41, 5.74) is 0. The summed E-state index contributed by atoms with van der Waals surface area (Å²) in [7, 11) is -4.36. The van der Waals surface area contributed by atoms with E-state index in [1.165, 1.54) is 0 Å². The first kappa shape index (κ1) is 12.1. The van der Waals surface area contributed by atoms with E-state index in [1.807, 2.05) is 6.92 Å². The van der Waals surface area contributed by atoms with Crippen LogP contribution in [0.3, 0.4) is 0 Å². The van der Waals surface area contributed by atoms with Crippen molar-refractivity contribution in [3.8, 4) is 0 Å². The van der Waals surface area contributed by atoms with Crippen LogP contribution in [0.25, 0.3) is 0 Å².